The molecule has 0 aromatic rings. The summed E-state index contributed by atoms with van der Waals surface area (Å²) in [5.74, 6) is 0. The predicted molar refractivity (Wildman–Crippen MR) is 41.2 cm³/mol. The largest absolute Gasteiger partial charge is 0.382 e. The maximum Gasteiger partial charge on any atom is 0.0704 e. The van der Waals surface area contributed by atoms with Crippen molar-refractivity contribution >= 4 is 6.72 Å². The van der Waals surface area contributed by atoms with Gasteiger partial charge < -0.3 is 4.74 Å². The lowest BCUT2D eigenvalue weighted by atomic mass is 10.2. The lowest BCUT2D eigenvalue weighted by Gasteiger charge is -2.19. The molecule has 1 atom stereocenters. The number of hydrogen-bond donors (Lipinski definition) is 0. The Morgan fingerprint density at radius 2 is 2.60 bits per heavy atom. The fourth-order valence-corrected chi connectivity index (χ4v) is 1.37. The van der Waals surface area contributed by atoms with Crippen molar-refractivity contribution in [3.05, 3.63) is 0 Å². The Labute approximate surface area is 61.7 Å². The van der Waals surface area contributed by atoms with Gasteiger partial charge in [-0.3, -0.25) is 5.01 Å². The third kappa shape index (κ3) is 1.48. The Balaban J connectivity index is 2.34. The molecule has 0 radical (unpaired) electrons. The van der Waals surface area contributed by atoms with Gasteiger partial charge >= 0.3 is 0 Å². The second kappa shape index (κ2) is 3.56. The Morgan fingerprint density at radius 1 is 1.80 bits per heavy atom. The lowest BCUT2D eigenvalue weighted by Crippen LogP contribution is -2.27. The van der Waals surface area contributed by atoms with Crippen molar-refractivity contribution in [2.75, 3.05) is 20.3 Å². The van der Waals surface area contributed by atoms with Crippen LogP contribution in [0.25, 0.3) is 0 Å². The average molecular weight is 142 g/mol. The summed E-state index contributed by atoms with van der Waals surface area (Å²) in [6.07, 6.45) is 2.40. The number of hydrazone groups is 1. The molecule has 0 amide bonds. The van der Waals surface area contributed by atoms with E-state index < -0.39 is 0 Å². The number of rotatable bonds is 3. The van der Waals surface area contributed by atoms with Gasteiger partial charge in [-0.2, -0.15) is 5.10 Å². The maximum absolute atomic E-state index is 5.03. The Kier molecular flexibility index (Phi) is 2.68. The molecule has 0 aromatic heterocycles. The summed E-state index contributed by atoms with van der Waals surface area (Å²) in [5.41, 5.74) is 0. The standard InChI is InChI=1S/C7H14N2O/c1-8-9-5-3-4-7(9)6-10-2/h7H,1,3-6H2,2H3/t7-/m0/s1. The van der Waals surface area contributed by atoms with Gasteiger partial charge in [0.15, 0.2) is 0 Å². The Morgan fingerprint density at radius 3 is 3.20 bits per heavy atom. The molecule has 0 aromatic carbocycles. The highest BCUT2D eigenvalue weighted by Crippen LogP contribution is 2.16. The normalized spacial score (nSPS) is 25.3. The number of hydrogen-bond acceptors (Lipinski definition) is 3. The van der Waals surface area contributed by atoms with E-state index in [-0.39, 0.29) is 0 Å². The van der Waals surface area contributed by atoms with Gasteiger partial charge in [0.1, 0.15) is 0 Å². The molecule has 1 aliphatic heterocycles. The first kappa shape index (κ1) is 7.54. The number of ether oxygens (including phenoxy) is 1. The van der Waals surface area contributed by atoms with E-state index in [0.717, 1.165) is 13.2 Å². The van der Waals surface area contributed by atoms with Crippen LogP contribution in [-0.2, 0) is 4.74 Å². The molecule has 0 spiro atoms. The highest BCUT2D eigenvalue weighted by Gasteiger charge is 2.21. The van der Waals surface area contributed by atoms with E-state index >= 15 is 0 Å². The van der Waals surface area contributed by atoms with E-state index in [9.17, 15) is 0 Å². The summed E-state index contributed by atoms with van der Waals surface area (Å²) in [6, 6.07) is 0.475. The summed E-state index contributed by atoms with van der Waals surface area (Å²) >= 11 is 0. The molecule has 0 aliphatic carbocycles. The summed E-state index contributed by atoms with van der Waals surface area (Å²) in [7, 11) is 1.72. The van der Waals surface area contributed by atoms with Gasteiger partial charge in [0.25, 0.3) is 0 Å². The molecule has 1 fully saturated rings. The average Bonchev–Trinajstić information content (AvgIpc) is 2.36. The fourth-order valence-electron chi connectivity index (χ4n) is 1.37. The molecule has 1 rings (SSSR count). The van der Waals surface area contributed by atoms with E-state index in [0.29, 0.717) is 6.04 Å². The van der Waals surface area contributed by atoms with Crippen molar-refractivity contribution in [1.29, 1.82) is 0 Å². The van der Waals surface area contributed by atoms with Crippen LogP contribution in [-0.4, -0.2) is 38.0 Å². The van der Waals surface area contributed by atoms with Crippen LogP contribution in [0.1, 0.15) is 12.8 Å². The van der Waals surface area contributed by atoms with Crippen LogP contribution in [0.2, 0.25) is 0 Å². The van der Waals surface area contributed by atoms with Crippen molar-refractivity contribution < 1.29 is 4.74 Å². The quantitative estimate of drug-likeness (QED) is 0.542. The van der Waals surface area contributed by atoms with Gasteiger partial charge in [-0.1, -0.05) is 0 Å². The molecule has 3 nitrogen and oxygen atoms in total. The third-order valence-electron chi connectivity index (χ3n) is 1.89. The summed E-state index contributed by atoms with van der Waals surface area (Å²) in [6.45, 7) is 5.31. The van der Waals surface area contributed by atoms with Crippen LogP contribution in [0.4, 0.5) is 0 Å². The molecule has 10 heavy (non-hydrogen) atoms. The second-order valence-electron chi connectivity index (χ2n) is 2.56. The molecule has 1 heterocycles. The van der Waals surface area contributed by atoms with Gasteiger partial charge in [-0.25, -0.2) is 0 Å². The van der Waals surface area contributed by atoms with Crippen molar-refractivity contribution in [3.63, 3.8) is 0 Å². The summed E-state index contributed by atoms with van der Waals surface area (Å²) in [5, 5.41) is 5.89. The Bertz CT molecular complexity index is 116. The third-order valence-corrected chi connectivity index (χ3v) is 1.89. The van der Waals surface area contributed by atoms with Crippen LogP contribution in [0.5, 0.6) is 0 Å². The van der Waals surface area contributed by atoms with E-state index in [4.69, 9.17) is 4.74 Å². The van der Waals surface area contributed by atoms with Gasteiger partial charge in [-0.05, 0) is 12.8 Å². The number of nitrogens with zero attached hydrogens (tertiary/aromatic N) is 2. The van der Waals surface area contributed by atoms with E-state index in [1.165, 1.54) is 12.8 Å². The highest BCUT2D eigenvalue weighted by atomic mass is 16.5. The van der Waals surface area contributed by atoms with Crippen molar-refractivity contribution in [2.24, 2.45) is 5.10 Å². The molecule has 3 heteroatoms. The minimum absolute atomic E-state index is 0.475. The minimum atomic E-state index is 0.475. The molecular weight excluding hydrogens is 128 g/mol. The second-order valence-corrected chi connectivity index (χ2v) is 2.56. The van der Waals surface area contributed by atoms with Gasteiger partial charge in [0.2, 0.25) is 0 Å². The fraction of sp³-hybridized carbons (Fsp3) is 0.857. The van der Waals surface area contributed by atoms with Crippen molar-refractivity contribution in [2.45, 2.75) is 18.9 Å². The number of methoxy groups -OCH3 is 1. The SMILES string of the molecule is C=NN1CCC[C@H]1COC. The topological polar surface area (TPSA) is 24.8 Å². The first-order chi connectivity index (χ1) is 4.88. The monoisotopic (exact) mass is 142 g/mol. The summed E-state index contributed by atoms with van der Waals surface area (Å²) < 4.78 is 5.03. The smallest absolute Gasteiger partial charge is 0.0704 e. The van der Waals surface area contributed by atoms with Gasteiger partial charge in [0.05, 0.1) is 12.6 Å². The van der Waals surface area contributed by atoms with E-state index in [1.807, 2.05) is 5.01 Å². The zero-order chi connectivity index (χ0) is 7.40. The lowest BCUT2D eigenvalue weighted by molar-refractivity contribution is 0.118. The van der Waals surface area contributed by atoms with Crippen LogP contribution >= 0.6 is 0 Å². The van der Waals surface area contributed by atoms with Crippen molar-refractivity contribution in [1.82, 2.24) is 5.01 Å². The molecule has 0 bridgehead atoms. The zero-order valence-corrected chi connectivity index (χ0v) is 6.42. The van der Waals surface area contributed by atoms with E-state index in [2.05, 4.69) is 11.8 Å². The minimum Gasteiger partial charge on any atom is -0.382 e. The summed E-state index contributed by atoms with van der Waals surface area (Å²) in [4.78, 5) is 0. The van der Waals surface area contributed by atoms with Crippen LogP contribution < -0.4 is 0 Å². The molecule has 0 N–H and O–H groups in total. The van der Waals surface area contributed by atoms with E-state index in [1.54, 1.807) is 7.11 Å². The van der Waals surface area contributed by atoms with Crippen molar-refractivity contribution in [3.8, 4) is 0 Å². The van der Waals surface area contributed by atoms with Gasteiger partial charge in [-0.15, -0.1) is 0 Å². The predicted octanol–water partition coefficient (Wildman–Crippen LogP) is 0.713. The van der Waals surface area contributed by atoms with Gasteiger partial charge in [0, 0.05) is 20.4 Å². The van der Waals surface area contributed by atoms with Crippen LogP contribution in [0.15, 0.2) is 5.10 Å². The molecule has 1 aliphatic rings. The maximum atomic E-state index is 5.03. The first-order valence-electron chi connectivity index (χ1n) is 3.60. The molecule has 58 valence electrons. The molecule has 0 saturated carbocycles. The first-order valence-corrected chi connectivity index (χ1v) is 3.60. The molecule has 1 saturated heterocycles. The van der Waals surface area contributed by atoms with Crippen LogP contribution in [0.3, 0.4) is 0 Å². The van der Waals surface area contributed by atoms with Crippen LogP contribution in [0, 0.1) is 0 Å². The molecule has 0 unspecified atom stereocenters. The molecular formula is C7H14N2O. The highest BCUT2D eigenvalue weighted by molar-refractivity contribution is 5.22. The Hall–Kier alpha value is -0.570. The zero-order valence-electron chi connectivity index (χ0n) is 6.42.